The van der Waals surface area contributed by atoms with Crippen LogP contribution >= 0.6 is 0 Å². The van der Waals surface area contributed by atoms with Crippen molar-refractivity contribution in [3.05, 3.63) is 54.0 Å². The highest BCUT2D eigenvalue weighted by Gasteiger charge is 2.06. The molecule has 0 fully saturated rings. The number of hydrogen-bond acceptors (Lipinski definition) is 5. The molecule has 0 saturated heterocycles. The van der Waals surface area contributed by atoms with E-state index in [2.05, 4.69) is 25.5 Å². The summed E-state index contributed by atoms with van der Waals surface area (Å²) in [5, 5.41) is 6.09. The third-order valence-corrected chi connectivity index (χ3v) is 3.09. The molecule has 22 heavy (non-hydrogen) atoms. The Morgan fingerprint density at radius 2 is 1.95 bits per heavy atom. The van der Waals surface area contributed by atoms with E-state index < -0.39 is 0 Å². The number of nitrogens with one attached hydrogen (secondary N) is 2. The first-order chi connectivity index (χ1) is 10.6. The van der Waals surface area contributed by atoms with Crippen LogP contribution in [0.4, 0.5) is 5.82 Å². The molecule has 0 atom stereocenters. The van der Waals surface area contributed by atoms with Crippen LogP contribution in [0.25, 0.3) is 0 Å². The van der Waals surface area contributed by atoms with Gasteiger partial charge in [-0.05, 0) is 43.9 Å². The maximum Gasteiger partial charge on any atom is 0.251 e. The second-order valence-corrected chi connectivity index (χ2v) is 5.20. The van der Waals surface area contributed by atoms with Crippen LogP contribution < -0.4 is 10.6 Å². The van der Waals surface area contributed by atoms with E-state index in [0.717, 1.165) is 18.7 Å². The minimum absolute atomic E-state index is 0.116. The van der Waals surface area contributed by atoms with Crippen LogP contribution in [0, 0.1) is 0 Å². The standard InChI is InChI=1S/C16H21N5O/c1-21(2)10-9-19-15-11-14(5-8-18-15)16(22)20-12-13-3-6-17-7-4-13/h3-8,11H,9-10,12H2,1-2H3,(H,18,19)(H,20,22). The third kappa shape index (κ3) is 5.14. The van der Waals surface area contributed by atoms with Crippen LogP contribution in [-0.4, -0.2) is 48.0 Å². The second-order valence-electron chi connectivity index (χ2n) is 5.20. The molecule has 6 nitrogen and oxygen atoms in total. The van der Waals surface area contributed by atoms with Gasteiger partial charge in [0.2, 0.25) is 0 Å². The van der Waals surface area contributed by atoms with Gasteiger partial charge < -0.3 is 15.5 Å². The fraction of sp³-hybridized carbons (Fsp3) is 0.312. The first-order valence-corrected chi connectivity index (χ1v) is 7.17. The number of anilines is 1. The van der Waals surface area contributed by atoms with Crippen molar-refractivity contribution in [1.29, 1.82) is 0 Å². The summed E-state index contributed by atoms with van der Waals surface area (Å²) in [4.78, 5) is 22.4. The molecule has 0 radical (unpaired) electrons. The van der Waals surface area contributed by atoms with E-state index in [1.54, 1.807) is 30.7 Å². The van der Waals surface area contributed by atoms with Gasteiger partial charge in [-0.3, -0.25) is 9.78 Å². The summed E-state index contributed by atoms with van der Waals surface area (Å²) < 4.78 is 0. The van der Waals surface area contributed by atoms with Crippen LogP contribution in [-0.2, 0) is 6.54 Å². The molecular formula is C16H21N5O. The lowest BCUT2D eigenvalue weighted by Gasteiger charge is -2.11. The Morgan fingerprint density at radius 3 is 2.68 bits per heavy atom. The van der Waals surface area contributed by atoms with E-state index in [0.29, 0.717) is 17.9 Å². The smallest absolute Gasteiger partial charge is 0.251 e. The minimum atomic E-state index is -0.116. The lowest BCUT2D eigenvalue weighted by atomic mass is 10.2. The number of carbonyl (C=O) groups excluding carboxylic acids is 1. The van der Waals surface area contributed by atoms with Gasteiger partial charge in [-0.25, -0.2) is 4.98 Å². The van der Waals surface area contributed by atoms with Gasteiger partial charge in [-0.15, -0.1) is 0 Å². The molecule has 0 aliphatic carbocycles. The van der Waals surface area contributed by atoms with Crippen LogP contribution in [0.2, 0.25) is 0 Å². The summed E-state index contributed by atoms with van der Waals surface area (Å²) in [6.07, 6.45) is 5.06. The molecule has 2 N–H and O–H groups in total. The van der Waals surface area contributed by atoms with Gasteiger partial charge in [0.05, 0.1) is 0 Å². The van der Waals surface area contributed by atoms with E-state index in [-0.39, 0.29) is 5.91 Å². The Morgan fingerprint density at radius 1 is 1.18 bits per heavy atom. The maximum absolute atomic E-state index is 12.2. The van der Waals surface area contributed by atoms with Crippen molar-refractivity contribution in [3.8, 4) is 0 Å². The fourth-order valence-corrected chi connectivity index (χ4v) is 1.86. The molecule has 2 heterocycles. The van der Waals surface area contributed by atoms with Crippen molar-refractivity contribution < 1.29 is 4.79 Å². The van der Waals surface area contributed by atoms with Crippen LogP contribution in [0.3, 0.4) is 0 Å². The summed E-state index contributed by atoms with van der Waals surface area (Å²) >= 11 is 0. The predicted octanol–water partition coefficient (Wildman–Crippen LogP) is 1.38. The highest BCUT2D eigenvalue weighted by molar-refractivity contribution is 5.94. The largest absolute Gasteiger partial charge is 0.369 e. The first kappa shape index (κ1) is 15.9. The lowest BCUT2D eigenvalue weighted by Crippen LogP contribution is -2.23. The van der Waals surface area contributed by atoms with Crippen LogP contribution in [0.5, 0.6) is 0 Å². The normalized spacial score (nSPS) is 10.5. The zero-order valence-electron chi connectivity index (χ0n) is 12.9. The molecule has 0 spiro atoms. The van der Waals surface area contributed by atoms with E-state index in [9.17, 15) is 4.79 Å². The Balaban J connectivity index is 1.89. The topological polar surface area (TPSA) is 70.2 Å². The summed E-state index contributed by atoms with van der Waals surface area (Å²) in [7, 11) is 4.02. The number of rotatable bonds is 7. The molecule has 0 aromatic carbocycles. The zero-order chi connectivity index (χ0) is 15.8. The van der Waals surface area contributed by atoms with Crippen molar-refractivity contribution in [2.24, 2.45) is 0 Å². The van der Waals surface area contributed by atoms with E-state index in [1.165, 1.54) is 0 Å². The molecule has 2 aromatic heterocycles. The summed E-state index contributed by atoms with van der Waals surface area (Å²) in [6.45, 7) is 2.16. The molecule has 2 rings (SSSR count). The van der Waals surface area contributed by atoms with Crippen molar-refractivity contribution in [3.63, 3.8) is 0 Å². The molecule has 116 valence electrons. The number of carbonyl (C=O) groups is 1. The van der Waals surface area contributed by atoms with Gasteiger partial charge in [0.1, 0.15) is 5.82 Å². The number of pyridine rings is 2. The van der Waals surface area contributed by atoms with E-state index in [4.69, 9.17) is 0 Å². The Labute approximate surface area is 130 Å². The van der Waals surface area contributed by atoms with Crippen LogP contribution in [0.1, 0.15) is 15.9 Å². The number of nitrogens with zero attached hydrogens (tertiary/aromatic N) is 3. The van der Waals surface area contributed by atoms with Crippen LogP contribution in [0.15, 0.2) is 42.9 Å². The number of hydrogen-bond donors (Lipinski definition) is 2. The molecule has 6 heteroatoms. The molecule has 0 saturated carbocycles. The molecule has 2 aromatic rings. The molecule has 0 bridgehead atoms. The van der Waals surface area contributed by atoms with Crippen molar-refractivity contribution in [2.75, 3.05) is 32.5 Å². The Kier molecular flexibility index (Phi) is 5.85. The molecular weight excluding hydrogens is 278 g/mol. The third-order valence-electron chi connectivity index (χ3n) is 3.09. The second kappa shape index (κ2) is 8.09. The summed E-state index contributed by atoms with van der Waals surface area (Å²) in [5.74, 6) is 0.591. The highest BCUT2D eigenvalue weighted by atomic mass is 16.1. The quantitative estimate of drug-likeness (QED) is 0.808. The van der Waals surface area contributed by atoms with Crippen molar-refractivity contribution in [1.82, 2.24) is 20.2 Å². The van der Waals surface area contributed by atoms with Crippen molar-refractivity contribution >= 4 is 11.7 Å². The minimum Gasteiger partial charge on any atom is -0.369 e. The summed E-state index contributed by atoms with van der Waals surface area (Å²) in [5.41, 5.74) is 1.61. The molecule has 0 aliphatic heterocycles. The van der Waals surface area contributed by atoms with Gasteiger partial charge >= 0.3 is 0 Å². The fourth-order valence-electron chi connectivity index (χ4n) is 1.86. The lowest BCUT2D eigenvalue weighted by molar-refractivity contribution is 0.0951. The average molecular weight is 299 g/mol. The number of aromatic nitrogens is 2. The maximum atomic E-state index is 12.2. The first-order valence-electron chi connectivity index (χ1n) is 7.17. The zero-order valence-corrected chi connectivity index (χ0v) is 12.9. The predicted molar refractivity (Wildman–Crippen MR) is 86.7 cm³/mol. The van der Waals surface area contributed by atoms with Gasteiger partial charge in [0.25, 0.3) is 5.91 Å². The summed E-state index contributed by atoms with van der Waals surface area (Å²) in [6, 6.07) is 7.22. The Bertz CT molecular complexity index is 600. The van der Waals surface area contributed by atoms with Gasteiger partial charge in [-0.1, -0.05) is 0 Å². The Hall–Kier alpha value is -2.47. The van der Waals surface area contributed by atoms with Crippen molar-refractivity contribution in [2.45, 2.75) is 6.54 Å². The van der Waals surface area contributed by atoms with Gasteiger partial charge in [-0.2, -0.15) is 0 Å². The molecule has 1 amide bonds. The highest BCUT2D eigenvalue weighted by Crippen LogP contribution is 2.07. The average Bonchev–Trinajstić information content (AvgIpc) is 2.53. The SMILES string of the molecule is CN(C)CCNc1cc(C(=O)NCc2ccncc2)ccn1. The van der Waals surface area contributed by atoms with Gasteiger partial charge in [0, 0.05) is 43.8 Å². The van der Waals surface area contributed by atoms with Gasteiger partial charge in [0.15, 0.2) is 0 Å². The number of likely N-dealkylation sites (N-methyl/N-ethyl adjacent to an activating group) is 1. The number of amides is 1. The van der Waals surface area contributed by atoms with E-state index in [1.807, 2.05) is 26.2 Å². The molecule has 0 aliphatic rings. The van der Waals surface area contributed by atoms with E-state index >= 15 is 0 Å². The monoisotopic (exact) mass is 299 g/mol. The molecule has 0 unspecified atom stereocenters.